The van der Waals surface area contributed by atoms with E-state index in [9.17, 15) is 14.0 Å². The van der Waals surface area contributed by atoms with E-state index >= 15 is 0 Å². The summed E-state index contributed by atoms with van der Waals surface area (Å²) < 4.78 is 12.8. The number of amides is 2. The van der Waals surface area contributed by atoms with E-state index in [0.717, 1.165) is 31.5 Å². The fraction of sp³-hybridized carbons (Fsp3) is 0.556. The molecule has 1 saturated heterocycles. The van der Waals surface area contributed by atoms with Crippen molar-refractivity contribution in [1.29, 1.82) is 0 Å². The smallest absolute Gasteiger partial charge is 0.226 e. The summed E-state index contributed by atoms with van der Waals surface area (Å²) in [6, 6.07) is 6.07. The molecule has 2 fully saturated rings. The fourth-order valence-electron chi connectivity index (χ4n) is 3.21. The molecule has 3 rings (SSSR count). The lowest BCUT2D eigenvalue weighted by Gasteiger charge is -2.20. The molecule has 0 spiro atoms. The van der Waals surface area contributed by atoms with Gasteiger partial charge in [0, 0.05) is 19.6 Å². The largest absolute Gasteiger partial charge is 0.352 e. The number of nitrogens with zero attached hydrogens (tertiary/aromatic N) is 1. The zero-order valence-electron chi connectivity index (χ0n) is 13.3. The van der Waals surface area contributed by atoms with E-state index in [4.69, 9.17) is 0 Å². The molecule has 5 heteroatoms. The minimum absolute atomic E-state index is 0.0671. The molecule has 0 aromatic heterocycles. The highest BCUT2D eigenvalue weighted by Gasteiger charge is 2.49. The first-order chi connectivity index (χ1) is 11.1. The van der Waals surface area contributed by atoms with Crippen LogP contribution in [0.2, 0.25) is 0 Å². The molecule has 2 atom stereocenters. The van der Waals surface area contributed by atoms with E-state index in [1.807, 2.05) is 4.90 Å². The van der Waals surface area contributed by atoms with Gasteiger partial charge in [0.2, 0.25) is 11.8 Å². The van der Waals surface area contributed by atoms with Crippen molar-refractivity contribution in [2.24, 2.45) is 11.8 Å². The van der Waals surface area contributed by atoms with Crippen molar-refractivity contribution in [3.05, 3.63) is 35.6 Å². The molecular weight excluding hydrogens is 295 g/mol. The van der Waals surface area contributed by atoms with Crippen LogP contribution in [0, 0.1) is 17.7 Å². The molecule has 23 heavy (non-hydrogen) atoms. The molecule has 2 unspecified atom stereocenters. The van der Waals surface area contributed by atoms with Gasteiger partial charge in [-0.2, -0.15) is 0 Å². The van der Waals surface area contributed by atoms with Gasteiger partial charge in [0.1, 0.15) is 5.82 Å². The van der Waals surface area contributed by atoms with Gasteiger partial charge in [-0.1, -0.05) is 25.0 Å². The topological polar surface area (TPSA) is 49.4 Å². The Kier molecular flexibility index (Phi) is 4.94. The average Bonchev–Trinajstić information content (AvgIpc) is 3.37. The second-order valence-corrected chi connectivity index (χ2v) is 6.53. The fourth-order valence-corrected chi connectivity index (χ4v) is 3.21. The van der Waals surface area contributed by atoms with Crippen molar-refractivity contribution < 1.29 is 14.0 Å². The van der Waals surface area contributed by atoms with Gasteiger partial charge < -0.3 is 10.2 Å². The van der Waals surface area contributed by atoms with E-state index in [1.54, 1.807) is 12.1 Å². The lowest BCUT2D eigenvalue weighted by Crippen LogP contribution is -2.35. The van der Waals surface area contributed by atoms with Gasteiger partial charge in [0.05, 0.1) is 11.8 Å². The number of likely N-dealkylation sites (tertiary alicyclic amines) is 1. The summed E-state index contributed by atoms with van der Waals surface area (Å²) in [5, 5.41) is 2.85. The quantitative estimate of drug-likeness (QED) is 0.927. The number of carbonyl (C=O) groups excluding carboxylic acids is 2. The summed E-state index contributed by atoms with van der Waals surface area (Å²) in [6.45, 7) is 2.04. The molecule has 1 saturated carbocycles. The highest BCUT2D eigenvalue weighted by molar-refractivity contribution is 5.92. The molecule has 1 heterocycles. The molecular formula is C18H23FN2O2. The summed E-state index contributed by atoms with van der Waals surface area (Å²) in [7, 11) is 0. The lowest BCUT2D eigenvalue weighted by molar-refractivity contribution is -0.134. The van der Waals surface area contributed by atoms with Crippen LogP contribution in [-0.2, 0) is 16.1 Å². The summed E-state index contributed by atoms with van der Waals surface area (Å²) in [5.74, 6) is -0.533. The van der Waals surface area contributed by atoms with Gasteiger partial charge in [-0.25, -0.2) is 4.39 Å². The van der Waals surface area contributed by atoms with Gasteiger partial charge in [-0.3, -0.25) is 9.59 Å². The normalized spacial score (nSPS) is 24.0. The Balaban J connectivity index is 1.46. The number of rotatable bonds is 4. The maximum Gasteiger partial charge on any atom is 0.226 e. The zero-order valence-corrected chi connectivity index (χ0v) is 13.3. The zero-order chi connectivity index (χ0) is 16.2. The van der Waals surface area contributed by atoms with Crippen LogP contribution in [0.1, 0.15) is 37.7 Å². The van der Waals surface area contributed by atoms with Crippen LogP contribution < -0.4 is 5.32 Å². The minimum Gasteiger partial charge on any atom is -0.352 e. The Bertz CT molecular complexity index is 565. The van der Waals surface area contributed by atoms with Crippen LogP contribution in [0.25, 0.3) is 0 Å². The molecule has 2 amide bonds. The van der Waals surface area contributed by atoms with Crippen molar-refractivity contribution >= 4 is 11.8 Å². The van der Waals surface area contributed by atoms with E-state index in [0.29, 0.717) is 13.0 Å². The highest BCUT2D eigenvalue weighted by Crippen LogP contribution is 2.40. The number of halogens is 1. The van der Waals surface area contributed by atoms with Crippen molar-refractivity contribution in [2.45, 2.75) is 38.6 Å². The van der Waals surface area contributed by atoms with E-state index in [2.05, 4.69) is 5.32 Å². The predicted molar refractivity (Wildman–Crippen MR) is 84.9 cm³/mol. The first-order valence-corrected chi connectivity index (χ1v) is 8.46. The molecule has 1 aliphatic heterocycles. The molecule has 0 bridgehead atoms. The van der Waals surface area contributed by atoms with Crippen LogP contribution in [-0.4, -0.2) is 29.8 Å². The van der Waals surface area contributed by atoms with Crippen molar-refractivity contribution in [3.8, 4) is 0 Å². The number of hydrogen-bond acceptors (Lipinski definition) is 2. The predicted octanol–water partition coefficient (Wildman–Crippen LogP) is 2.48. The molecule has 0 radical (unpaired) electrons. The summed E-state index contributed by atoms with van der Waals surface area (Å²) >= 11 is 0. The summed E-state index contributed by atoms with van der Waals surface area (Å²) in [5.41, 5.74) is 0.857. The molecule has 1 aliphatic carbocycles. The van der Waals surface area contributed by atoms with Gasteiger partial charge in [-0.05, 0) is 37.0 Å². The third-order valence-corrected chi connectivity index (χ3v) is 4.74. The van der Waals surface area contributed by atoms with Gasteiger partial charge >= 0.3 is 0 Å². The van der Waals surface area contributed by atoms with Crippen molar-refractivity contribution in [2.75, 3.05) is 13.1 Å². The Morgan fingerprint density at radius 3 is 2.35 bits per heavy atom. The summed E-state index contributed by atoms with van der Waals surface area (Å²) in [6.07, 6.45) is 5.18. The number of hydrogen-bond donors (Lipinski definition) is 1. The minimum atomic E-state index is -0.287. The Morgan fingerprint density at radius 1 is 1.04 bits per heavy atom. The van der Waals surface area contributed by atoms with Crippen LogP contribution in [0.15, 0.2) is 24.3 Å². The third kappa shape index (κ3) is 4.09. The molecule has 124 valence electrons. The van der Waals surface area contributed by atoms with Crippen LogP contribution in [0.4, 0.5) is 4.39 Å². The maximum absolute atomic E-state index is 12.8. The van der Waals surface area contributed by atoms with E-state index < -0.39 is 0 Å². The molecule has 2 aliphatic rings. The maximum atomic E-state index is 12.8. The van der Waals surface area contributed by atoms with Gasteiger partial charge in [0.15, 0.2) is 0 Å². The van der Waals surface area contributed by atoms with Crippen LogP contribution in [0.3, 0.4) is 0 Å². The van der Waals surface area contributed by atoms with Crippen molar-refractivity contribution in [1.82, 2.24) is 10.2 Å². The molecule has 4 nitrogen and oxygen atoms in total. The van der Waals surface area contributed by atoms with Gasteiger partial charge in [-0.15, -0.1) is 0 Å². The number of benzene rings is 1. The first kappa shape index (κ1) is 16.0. The van der Waals surface area contributed by atoms with Crippen molar-refractivity contribution in [3.63, 3.8) is 0 Å². The molecule has 1 N–H and O–H groups in total. The number of nitrogens with one attached hydrogen (secondary N) is 1. The molecule has 1 aromatic rings. The van der Waals surface area contributed by atoms with Crippen LogP contribution >= 0.6 is 0 Å². The Morgan fingerprint density at radius 2 is 1.70 bits per heavy atom. The SMILES string of the molecule is O=C(NCc1ccc(F)cc1)C1CC1C(=O)N1CCCCCC1. The number of carbonyl (C=O) groups is 2. The third-order valence-electron chi connectivity index (χ3n) is 4.74. The Hall–Kier alpha value is -1.91. The van der Waals surface area contributed by atoms with E-state index in [-0.39, 0.29) is 29.5 Å². The first-order valence-electron chi connectivity index (χ1n) is 8.46. The van der Waals surface area contributed by atoms with E-state index in [1.165, 1.54) is 25.0 Å². The molecule has 1 aromatic carbocycles. The Labute approximate surface area is 136 Å². The monoisotopic (exact) mass is 318 g/mol. The highest BCUT2D eigenvalue weighted by atomic mass is 19.1. The second-order valence-electron chi connectivity index (χ2n) is 6.53. The van der Waals surface area contributed by atoms with Crippen LogP contribution in [0.5, 0.6) is 0 Å². The lowest BCUT2D eigenvalue weighted by atomic mass is 10.2. The van der Waals surface area contributed by atoms with Gasteiger partial charge in [0.25, 0.3) is 0 Å². The average molecular weight is 318 g/mol. The summed E-state index contributed by atoms with van der Waals surface area (Å²) in [4.78, 5) is 26.5. The standard InChI is InChI=1S/C18H23FN2O2/c19-14-7-5-13(6-8-14)12-20-17(22)15-11-16(15)18(23)21-9-3-1-2-4-10-21/h5-8,15-16H,1-4,9-12H2,(H,20,22). The second kappa shape index (κ2) is 7.11.